The number of carbonyl (C=O) groups excluding carboxylic acids is 1. The summed E-state index contributed by atoms with van der Waals surface area (Å²) >= 11 is 0. The van der Waals surface area contributed by atoms with Crippen molar-refractivity contribution in [3.05, 3.63) is 112 Å². The van der Waals surface area contributed by atoms with Crippen LogP contribution in [-0.4, -0.2) is 25.1 Å². The first-order valence-electron chi connectivity index (χ1n) is 10.6. The number of aliphatic hydroxyl groups excluding tert-OH is 1. The average molecular weight is 438 g/mol. The zero-order valence-electron chi connectivity index (χ0n) is 18.2. The molecule has 0 radical (unpaired) electrons. The van der Waals surface area contributed by atoms with Crippen molar-refractivity contribution in [2.24, 2.45) is 10.2 Å². The minimum atomic E-state index is -0.376. The molecule has 0 aromatic heterocycles. The van der Waals surface area contributed by atoms with Gasteiger partial charge in [0.15, 0.2) is 5.78 Å². The lowest BCUT2D eigenvalue weighted by molar-refractivity contribution is 0.103. The molecule has 1 heterocycles. The van der Waals surface area contributed by atoms with E-state index in [0.717, 1.165) is 11.1 Å². The van der Waals surface area contributed by atoms with E-state index in [-0.39, 0.29) is 29.1 Å². The summed E-state index contributed by atoms with van der Waals surface area (Å²) in [5.41, 5.74) is 3.40. The van der Waals surface area contributed by atoms with Gasteiger partial charge in [-0.25, -0.2) is 0 Å². The highest BCUT2D eigenvalue weighted by molar-refractivity contribution is 6.22. The van der Waals surface area contributed by atoms with Crippen molar-refractivity contribution in [2.45, 2.75) is 12.0 Å². The van der Waals surface area contributed by atoms with Crippen molar-refractivity contribution in [1.82, 2.24) is 0 Å². The van der Waals surface area contributed by atoms with Gasteiger partial charge < -0.3 is 14.6 Å². The molecule has 0 fully saturated rings. The molecule has 0 bridgehead atoms. The third-order valence-corrected chi connectivity index (χ3v) is 6.06. The molecule has 3 aromatic carbocycles. The van der Waals surface area contributed by atoms with E-state index in [9.17, 15) is 9.90 Å². The van der Waals surface area contributed by atoms with Crippen molar-refractivity contribution >= 4 is 11.5 Å². The number of benzene rings is 3. The molecule has 33 heavy (non-hydrogen) atoms. The molecule has 0 unspecified atom stereocenters. The molecule has 0 amide bonds. The molecule has 0 spiro atoms. The predicted octanol–water partition coefficient (Wildman–Crippen LogP) is 6.04. The largest absolute Gasteiger partial charge is 0.506 e. The van der Waals surface area contributed by atoms with Crippen LogP contribution in [0.1, 0.15) is 39.0 Å². The maximum absolute atomic E-state index is 13.1. The number of Topliss-reactive ketones (excluding diaryl/α,β-unsaturated/α-hetero) is 1. The molecule has 2 atom stereocenters. The molecule has 164 valence electrons. The van der Waals surface area contributed by atoms with E-state index in [1.807, 2.05) is 54.6 Å². The third-order valence-electron chi connectivity index (χ3n) is 6.06. The van der Waals surface area contributed by atoms with Crippen LogP contribution in [0.5, 0.6) is 11.5 Å². The van der Waals surface area contributed by atoms with Crippen LogP contribution in [0.15, 0.2) is 100 Å². The summed E-state index contributed by atoms with van der Waals surface area (Å²) in [6.45, 7) is 0. The molecule has 6 nitrogen and oxygen atoms in total. The highest BCUT2D eigenvalue weighted by Crippen LogP contribution is 2.46. The summed E-state index contributed by atoms with van der Waals surface area (Å²) in [7, 11) is 3.21. The number of hydrogen-bond donors (Lipinski definition) is 1. The van der Waals surface area contributed by atoms with Gasteiger partial charge in [0.1, 0.15) is 23.3 Å². The van der Waals surface area contributed by atoms with Crippen molar-refractivity contribution in [3.8, 4) is 11.5 Å². The fourth-order valence-electron chi connectivity index (χ4n) is 4.40. The van der Waals surface area contributed by atoms with E-state index < -0.39 is 0 Å². The normalized spacial score (nSPS) is 19.3. The summed E-state index contributed by atoms with van der Waals surface area (Å²) in [6.07, 6.45) is 1.91. The molecule has 1 aliphatic carbocycles. The lowest BCUT2D eigenvalue weighted by atomic mass is 9.84. The zero-order chi connectivity index (χ0) is 22.9. The van der Waals surface area contributed by atoms with E-state index >= 15 is 0 Å². The minimum absolute atomic E-state index is 0.0620. The minimum Gasteiger partial charge on any atom is -0.506 e. The molecule has 3 aromatic rings. The van der Waals surface area contributed by atoms with Crippen molar-refractivity contribution < 1.29 is 19.4 Å². The summed E-state index contributed by atoms with van der Waals surface area (Å²) in [5.74, 6) is 0.786. The number of ketones is 1. The van der Waals surface area contributed by atoms with Crippen molar-refractivity contribution in [3.63, 3.8) is 0 Å². The molecule has 0 saturated heterocycles. The maximum Gasteiger partial charge on any atom is 0.199 e. The number of nitrogens with zero attached hydrogens (tertiary/aromatic N) is 2. The molecule has 6 heteroatoms. The Balaban J connectivity index is 1.62. The van der Waals surface area contributed by atoms with Gasteiger partial charge in [0.05, 0.1) is 25.5 Å². The van der Waals surface area contributed by atoms with Crippen LogP contribution < -0.4 is 9.47 Å². The summed E-state index contributed by atoms with van der Waals surface area (Å²) < 4.78 is 11.0. The quantitative estimate of drug-likeness (QED) is 0.526. The van der Waals surface area contributed by atoms with Gasteiger partial charge in [-0.05, 0) is 23.8 Å². The Hall–Kier alpha value is -4.19. The predicted molar refractivity (Wildman–Crippen MR) is 125 cm³/mol. The van der Waals surface area contributed by atoms with Gasteiger partial charge in [0.2, 0.25) is 0 Å². The van der Waals surface area contributed by atoms with Crippen LogP contribution in [0.4, 0.5) is 0 Å². The maximum atomic E-state index is 13.1. The Morgan fingerprint density at radius 2 is 1.61 bits per heavy atom. The van der Waals surface area contributed by atoms with Crippen molar-refractivity contribution in [2.75, 3.05) is 14.2 Å². The number of aliphatic hydroxyl groups is 1. The highest BCUT2D eigenvalue weighted by Gasteiger charge is 2.36. The fourth-order valence-corrected chi connectivity index (χ4v) is 4.40. The summed E-state index contributed by atoms with van der Waals surface area (Å²) in [6, 6.07) is 22.1. The van der Waals surface area contributed by atoms with Gasteiger partial charge in [-0.15, -0.1) is 0 Å². The zero-order valence-corrected chi connectivity index (χ0v) is 18.2. The molecular weight excluding hydrogens is 416 g/mol. The molecule has 1 aliphatic heterocycles. The summed E-state index contributed by atoms with van der Waals surface area (Å²) in [5, 5.41) is 19.9. The third kappa shape index (κ3) is 3.49. The lowest BCUT2D eigenvalue weighted by Gasteiger charge is -2.26. The topological polar surface area (TPSA) is 80.5 Å². The standard InChI is InChI=1S/C27H22N2O4/c1-32-17-12-13-20(23(14-17)33-2)25-21(16-8-4-3-5-9-16)15-22(28-29-25)24-26(30)18-10-6-7-11-19(18)27(24)31/h3-15,21,25,30H,1-2H3/t21-,25+/m0/s1. The first-order chi connectivity index (χ1) is 16.1. The van der Waals surface area contributed by atoms with Gasteiger partial charge >= 0.3 is 0 Å². The van der Waals surface area contributed by atoms with Crippen LogP contribution in [0.2, 0.25) is 0 Å². The van der Waals surface area contributed by atoms with Crippen LogP contribution in [0.25, 0.3) is 5.76 Å². The Bertz CT molecular complexity index is 1320. The van der Waals surface area contributed by atoms with Crippen LogP contribution in [-0.2, 0) is 0 Å². The molecule has 5 rings (SSSR count). The van der Waals surface area contributed by atoms with E-state index in [2.05, 4.69) is 10.2 Å². The Morgan fingerprint density at radius 3 is 2.30 bits per heavy atom. The first kappa shape index (κ1) is 20.7. The number of rotatable bonds is 5. The van der Waals surface area contributed by atoms with Gasteiger partial charge in [-0.1, -0.05) is 54.6 Å². The number of methoxy groups -OCH3 is 2. The van der Waals surface area contributed by atoms with Crippen LogP contribution in [0.3, 0.4) is 0 Å². The summed E-state index contributed by atoms with van der Waals surface area (Å²) in [4.78, 5) is 13.1. The van der Waals surface area contributed by atoms with E-state index in [0.29, 0.717) is 28.3 Å². The van der Waals surface area contributed by atoms with Gasteiger partial charge in [-0.2, -0.15) is 10.2 Å². The van der Waals surface area contributed by atoms with Crippen LogP contribution >= 0.6 is 0 Å². The first-order valence-corrected chi connectivity index (χ1v) is 10.6. The fraction of sp³-hybridized carbons (Fsp3) is 0.148. The Labute approximate surface area is 191 Å². The molecule has 2 aliphatic rings. The monoisotopic (exact) mass is 438 g/mol. The van der Waals surface area contributed by atoms with Crippen LogP contribution in [0, 0.1) is 0 Å². The highest BCUT2D eigenvalue weighted by atomic mass is 16.5. The van der Waals surface area contributed by atoms with E-state index in [1.165, 1.54) is 0 Å². The number of fused-ring (bicyclic) bond motifs is 1. The van der Waals surface area contributed by atoms with Gasteiger partial charge in [0, 0.05) is 28.7 Å². The second-order valence-electron chi connectivity index (χ2n) is 7.85. The van der Waals surface area contributed by atoms with Gasteiger partial charge in [0.25, 0.3) is 0 Å². The Morgan fingerprint density at radius 1 is 0.879 bits per heavy atom. The number of carbonyl (C=O) groups is 1. The number of ether oxygens (including phenoxy) is 2. The molecule has 0 saturated carbocycles. The smallest absolute Gasteiger partial charge is 0.199 e. The number of hydrogen-bond acceptors (Lipinski definition) is 6. The average Bonchev–Trinajstić information content (AvgIpc) is 3.13. The SMILES string of the molecule is COc1ccc([C@H]2N=NC(C3=C(O)c4ccccc4C3=O)=C[C@H]2c2ccccc2)c(OC)c1. The number of azo groups is 1. The van der Waals surface area contributed by atoms with Crippen molar-refractivity contribution in [1.29, 1.82) is 0 Å². The van der Waals surface area contributed by atoms with E-state index in [1.54, 1.807) is 38.5 Å². The lowest BCUT2D eigenvalue weighted by Crippen LogP contribution is -2.14. The Kier molecular flexibility index (Phi) is 5.26. The second-order valence-corrected chi connectivity index (χ2v) is 7.85. The number of allylic oxidation sites excluding steroid dienone is 1. The molecular formula is C27H22N2O4. The van der Waals surface area contributed by atoms with E-state index in [4.69, 9.17) is 9.47 Å². The van der Waals surface area contributed by atoms with Gasteiger partial charge in [-0.3, -0.25) is 4.79 Å². The second kappa shape index (κ2) is 8.39. The molecule has 1 N–H and O–H groups in total.